The van der Waals surface area contributed by atoms with Gasteiger partial charge in [0.1, 0.15) is 15.8 Å². The minimum absolute atomic E-state index is 0.500. The Morgan fingerprint density at radius 3 is 2.59 bits per heavy atom. The van der Waals surface area contributed by atoms with Crippen LogP contribution in [0, 0.1) is 6.92 Å². The molecule has 0 aliphatic carbocycles. The van der Waals surface area contributed by atoms with E-state index in [1.54, 1.807) is 18.4 Å². The summed E-state index contributed by atoms with van der Waals surface area (Å²) in [7, 11) is 1.70. The Morgan fingerprint density at radius 1 is 1.23 bits per heavy atom. The van der Waals surface area contributed by atoms with Crippen LogP contribution in [0.4, 0.5) is 5.69 Å². The van der Waals surface area contributed by atoms with Gasteiger partial charge in [-0.1, -0.05) is 0 Å². The third-order valence-corrected chi connectivity index (χ3v) is 4.93. The zero-order chi connectivity index (χ0) is 15.5. The smallest absolute Gasteiger partial charge is 0.131 e. The molecule has 2 heterocycles. The minimum Gasteiger partial charge on any atom is -0.497 e. The lowest BCUT2D eigenvalue weighted by molar-refractivity contribution is 0.180. The monoisotopic (exact) mass is 318 g/mol. The van der Waals surface area contributed by atoms with Gasteiger partial charge in [0, 0.05) is 31.4 Å². The van der Waals surface area contributed by atoms with E-state index in [1.807, 2.05) is 19.1 Å². The minimum atomic E-state index is 0.500. The highest BCUT2D eigenvalue weighted by Crippen LogP contribution is 2.23. The zero-order valence-electron chi connectivity index (χ0n) is 13.3. The first kappa shape index (κ1) is 15.2. The fourth-order valence-electron chi connectivity index (χ4n) is 2.83. The zero-order valence-corrected chi connectivity index (χ0v) is 14.1. The molecule has 118 valence electrons. The van der Waals surface area contributed by atoms with Crippen molar-refractivity contribution in [2.24, 2.45) is 0 Å². The maximum Gasteiger partial charge on any atom is 0.131 e. The van der Waals surface area contributed by atoms with E-state index in [2.05, 4.69) is 39.1 Å². The van der Waals surface area contributed by atoms with Gasteiger partial charge in [0.2, 0.25) is 0 Å². The highest BCUT2D eigenvalue weighted by Gasteiger charge is 2.24. The Labute approximate surface area is 135 Å². The van der Waals surface area contributed by atoms with Crippen LogP contribution in [-0.4, -0.2) is 47.9 Å². The van der Waals surface area contributed by atoms with Crippen molar-refractivity contribution in [1.82, 2.24) is 15.1 Å². The predicted molar refractivity (Wildman–Crippen MR) is 89.7 cm³/mol. The molecule has 1 aliphatic rings. The average Bonchev–Trinajstić information content (AvgIpc) is 2.94. The number of piperazine rings is 1. The third kappa shape index (κ3) is 3.39. The molecule has 0 amide bonds. The lowest BCUT2D eigenvalue weighted by Crippen LogP contribution is -2.51. The van der Waals surface area contributed by atoms with Crippen molar-refractivity contribution in [1.29, 1.82) is 0 Å². The average molecular weight is 318 g/mol. The van der Waals surface area contributed by atoms with Crippen LogP contribution < -0.4 is 9.64 Å². The fraction of sp³-hybridized carbons (Fsp3) is 0.500. The van der Waals surface area contributed by atoms with E-state index in [9.17, 15) is 0 Å². The van der Waals surface area contributed by atoms with Gasteiger partial charge in [0.15, 0.2) is 0 Å². The number of benzene rings is 1. The second-order valence-electron chi connectivity index (χ2n) is 5.68. The van der Waals surface area contributed by atoms with E-state index in [0.29, 0.717) is 6.04 Å². The van der Waals surface area contributed by atoms with Gasteiger partial charge >= 0.3 is 0 Å². The molecular weight excluding hydrogens is 296 g/mol. The molecule has 0 saturated carbocycles. The Hall–Kier alpha value is -1.66. The largest absolute Gasteiger partial charge is 0.497 e. The standard InChI is InChI=1S/C16H22N4OS/c1-12-10-20(14-4-6-15(21-3)7-5-14)9-8-19(12)11-16-18-17-13(2)22-16/h4-7,12H,8-11H2,1-3H3/t12-/m1/s1. The highest BCUT2D eigenvalue weighted by molar-refractivity contribution is 7.11. The Balaban J connectivity index is 1.61. The second kappa shape index (κ2) is 6.62. The topological polar surface area (TPSA) is 41.5 Å². The molecule has 22 heavy (non-hydrogen) atoms. The van der Waals surface area contributed by atoms with Gasteiger partial charge < -0.3 is 9.64 Å². The van der Waals surface area contributed by atoms with E-state index in [0.717, 1.165) is 41.9 Å². The molecule has 1 atom stereocenters. The van der Waals surface area contributed by atoms with Crippen LogP contribution in [0.2, 0.25) is 0 Å². The number of aromatic nitrogens is 2. The lowest BCUT2D eigenvalue weighted by Gasteiger charge is -2.40. The Kier molecular flexibility index (Phi) is 4.59. The van der Waals surface area contributed by atoms with Gasteiger partial charge in [0.25, 0.3) is 0 Å². The number of aryl methyl sites for hydroxylation is 1. The molecule has 1 saturated heterocycles. The van der Waals surface area contributed by atoms with Crippen LogP contribution in [0.3, 0.4) is 0 Å². The molecular formula is C16H22N4OS. The van der Waals surface area contributed by atoms with Crippen molar-refractivity contribution in [3.63, 3.8) is 0 Å². The van der Waals surface area contributed by atoms with Gasteiger partial charge in [-0.3, -0.25) is 4.90 Å². The van der Waals surface area contributed by atoms with E-state index in [4.69, 9.17) is 4.74 Å². The van der Waals surface area contributed by atoms with Gasteiger partial charge in [-0.25, -0.2) is 0 Å². The maximum atomic E-state index is 5.22. The summed E-state index contributed by atoms with van der Waals surface area (Å²) in [6.45, 7) is 8.31. The van der Waals surface area contributed by atoms with Crippen molar-refractivity contribution in [3.05, 3.63) is 34.3 Å². The Bertz CT molecular complexity index is 613. The van der Waals surface area contributed by atoms with E-state index < -0.39 is 0 Å². The number of hydrogen-bond donors (Lipinski definition) is 0. The number of anilines is 1. The number of hydrogen-bond acceptors (Lipinski definition) is 6. The van der Waals surface area contributed by atoms with Gasteiger partial charge in [-0.15, -0.1) is 21.5 Å². The summed E-state index contributed by atoms with van der Waals surface area (Å²) in [4.78, 5) is 4.92. The predicted octanol–water partition coefficient (Wildman–Crippen LogP) is 2.57. The normalized spacial score (nSPS) is 19.4. The first-order valence-corrected chi connectivity index (χ1v) is 8.39. The molecule has 1 aromatic heterocycles. The second-order valence-corrected chi connectivity index (χ2v) is 6.94. The molecule has 0 bridgehead atoms. The number of nitrogens with zero attached hydrogens (tertiary/aromatic N) is 4. The summed E-state index contributed by atoms with van der Waals surface area (Å²) in [6, 6.07) is 8.82. The van der Waals surface area contributed by atoms with Crippen LogP contribution in [0.25, 0.3) is 0 Å². The van der Waals surface area contributed by atoms with Gasteiger partial charge in [-0.05, 0) is 38.1 Å². The van der Waals surface area contributed by atoms with Crippen molar-refractivity contribution < 1.29 is 4.74 Å². The van der Waals surface area contributed by atoms with Gasteiger partial charge in [-0.2, -0.15) is 0 Å². The summed E-state index contributed by atoms with van der Waals surface area (Å²) in [5.41, 5.74) is 1.26. The first-order chi connectivity index (χ1) is 10.7. The molecule has 0 spiro atoms. The summed E-state index contributed by atoms with van der Waals surface area (Å²) < 4.78 is 5.22. The molecule has 0 radical (unpaired) electrons. The third-order valence-electron chi connectivity index (χ3n) is 4.11. The number of rotatable bonds is 4. The summed E-state index contributed by atoms with van der Waals surface area (Å²) in [6.07, 6.45) is 0. The van der Waals surface area contributed by atoms with Crippen LogP contribution in [-0.2, 0) is 6.54 Å². The SMILES string of the molecule is COc1ccc(N2CCN(Cc3nnc(C)s3)[C@H](C)C2)cc1. The molecule has 0 unspecified atom stereocenters. The first-order valence-electron chi connectivity index (χ1n) is 7.58. The molecule has 2 aromatic rings. The molecule has 3 rings (SSSR count). The Morgan fingerprint density at radius 2 is 2.00 bits per heavy atom. The van der Waals surface area contributed by atoms with Crippen molar-refractivity contribution in [2.75, 3.05) is 31.6 Å². The molecule has 5 nitrogen and oxygen atoms in total. The van der Waals surface area contributed by atoms with Crippen LogP contribution in [0.1, 0.15) is 16.9 Å². The van der Waals surface area contributed by atoms with E-state index in [1.165, 1.54) is 5.69 Å². The maximum absolute atomic E-state index is 5.22. The summed E-state index contributed by atoms with van der Waals surface area (Å²) in [5, 5.41) is 10.5. The number of methoxy groups -OCH3 is 1. The van der Waals surface area contributed by atoms with Crippen LogP contribution in [0.15, 0.2) is 24.3 Å². The molecule has 1 aliphatic heterocycles. The van der Waals surface area contributed by atoms with Crippen LogP contribution in [0.5, 0.6) is 5.75 Å². The van der Waals surface area contributed by atoms with Crippen molar-refractivity contribution in [2.45, 2.75) is 26.4 Å². The highest BCUT2D eigenvalue weighted by atomic mass is 32.1. The van der Waals surface area contributed by atoms with Crippen molar-refractivity contribution >= 4 is 17.0 Å². The fourth-order valence-corrected chi connectivity index (χ4v) is 3.57. The van der Waals surface area contributed by atoms with Crippen LogP contribution >= 0.6 is 11.3 Å². The summed E-state index contributed by atoms with van der Waals surface area (Å²) in [5.74, 6) is 0.905. The molecule has 0 N–H and O–H groups in total. The van der Waals surface area contributed by atoms with Crippen molar-refractivity contribution in [3.8, 4) is 5.75 Å². The van der Waals surface area contributed by atoms with E-state index in [-0.39, 0.29) is 0 Å². The molecule has 1 fully saturated rings. The summed E-state index contributed by atoms with van der Waals surface area (Å²) >= 11 is 1.69. The number of ether oxygens (including phenoxy) is 1. The molecule has 6 heteroatoms. The lowest BCUT2D eigenvalue weighted by atomic mass is 10.1. The van der Waals surface area contributed by atoms with E-state index >= 15 is 0 Å². The quantitative estimate of drug-likeness (QED) is 0.866. The van der Waals surface area contributed by atoms with Gasteiger partial charge in [0.05, 0.1) is 13.7 Å². The molecule has 1 aromatic carbocycles.